The van der Waals surface area contributed by atoms with Crippen molar-refractivity contribution in [3.05, 3.63) is 60.8 Å². The van der Waals surface area contributed by atoms with E-state index >= 15 is 0 Å². The molecule has 0 aliphatic carbocycles. The highest BCUT2D eigenvalue weighted by atomic mass is 15.1. The van der Waals surface area contributed by atoms with Crippen LogP contribution in [0.5, 0.6) is 0 Å². The van der Waals surface area contributed by atoms with Gasteiger partial charge in [-0.05, 0) is 23.1 Å². The molecule has 0 atom stereocenters. The maximum atomic E-state index is 6.09. The van der Waals surface area contributed by atoms with Gasteiger partial charge in [0.15, 0.2) is 0 Å². The summed E-state index contributed by atoms with van der Waals surface area (Å²) in [5.74, 6) is 0.609. The number of rotatable bonds is 8. The van der Waals surface area contributed by atoms with E-state index in [9.17, 15) is 0 Å². The number of imidazole rings is 1. The van der Waals surface area contributed by atoms with Gasteiger partial charge < -0.3 is 10.3 Å². The molecule has 3 aromatic rings. The van der Waals surface area contributed by atoms with Crippen LogP contribution in [-0.2, 0) is 6.54 Å². The number of nitrogens with zero attached hydrogens (tertiary/aromatic N) is 2. The number of anilines is 1. The van der Waals surface area contributed by atoms with Gasteiger partial charge in [-0.25, -0.2) is 4.98 Å². The van der Waals surface area contributed by atoms with Crippen LogP contribution in [0, 0.1) is 0 Å². The summed E-state index contributed by atoms with van der Waals surface area (Å²) in [7, 11) is 0. The summed E-state index contributed by atoms with van der Waals surface area (Å²) in [5.41, 5.74) is 10.8. The van der Waals surface area contributed by atoms with E-state index in [-0.39, 0.29) is 0 Å². The number of nitrogen functional groups attached to an aromatic ring is 1. The van der Waals surface area contributed by atoms with E-state index in [1.165, 1.54) is 36.8 Å². The van der Waals surface area contributed by atoms with Crippen LogP contribution >= 0.6 is 0 Å². The van der Waals surface area contributed by atoms with E-state index in [1.54, 1.807) is 0 Å². The third kappa shape index (κ3) is 4.30. The monoisotopic (exact) mass is 333 g/mol. The Balaban J connectivity index is 1.73. The van der Waals surface area contributed by atoms with Crippen LogP contribution in [0.4, 0.5) is 5.95 Å². The Morgan fingerprint density at radius 1 is 0.800 bits per heavy atom. The molecular weight excluding hydrogens is 306 g/mol. The second-order valence-electron chi connectivity index (χ2n) is 6.51. The number of hydrogen-bond donors (Lipinski definition) is 1. The number of nitrogens with two attached hydrogens (primary N) is 1. The Bertz CT molecular complexity index is 773. The second-order valence-corrected chi connectivity index (χ2v) is 6.51. The van der Waals surface area contributed by atoms with Crippen molar-refractivity contribution < 1.29 is 0 Å². The van der Waals surface area contributed by atoms with E-state index in [2.05, 4.69) is 65.0 Å². The molecule has 0 saturated carbocycles. The zero-order valence-electron chi connectivity index (χ0n) is 15.0. The van der Waals surface area contributed by atoms with Gasteiger partial charge in [-0.15, -0.1) is 0 Å². The van der Waals surface area contributed by atoms with Gasteiger partial charge in [0.05, 0.1) is 11.9 Å². The molecule has 0 aliphatic heterocycles. The van der Waals surface area contributed by atoms with Crippen molar-refractivity contribution in [2.75, 3.05) is 5.73 Å². The number of benzene rings is 2. The van der Waals surface area contributed by atoms with Gasteiger partial charge in [-0.2, -0.15) is 0 Å². The molecular formula is C22H27N3. The molecule has 1 heterocycles. The first kappa shape index (κ1) is 17.3. The molecule has 1 aromatic heterocycles. The largest absolute Gasteiger partial charge is 0.369 e. The van der Waals surface area contributed by atoms with Crippen LogP contribution in [0.15, 0.2) is 60.8 Å². The molecule has 0 spiro atoms. The predicted octanol–water partition coefficient (Wildman–Crippen LogP) is 5.77. The average Bonchev–Trinajstić information content (AvgIpc) is 3.03. The van der Waals surface area contributed by atoms with Crippen molar-refractivity contribution in [3.8, 4) is 22.4 Å². The van der Waals surface area contributed by atoms with Crippen LogP contribution in [-0.4, -0.2) is 9.55 Å². The van der Waals surface area contributed by atoms with Crippen LogP contribution in [0.2, 0.25) is 0 Å². The molecule has 0 bridgehead atoms. The van der Waals surface area contributed by atoms with Crippen molar-refractivity contribution >= 4 is 5.95 Å². The molecule has 0 saturated heterocycles. The highest BCUT2D eigenvalue weighted by Gasteiger charge is 2.09. The van der Waals surface area contributed by atoms with Gasteiger partial charge in [-0.1, -0.05) is 87.2 Å². The van der Waals surface area contributed by atoms with Crippen LogP contribution in [0.1, 0.15) is 39.0 Å². The second kappa shape index (κ2) is 8.52. The minimum absolute atomic E-state index is 0.609. The molecule has 2 N–H and O–H groups in total. The summed E-state index contributed by atoms with van der Waals surface area (Å²) >= 11 is 0. The van der Waals surface area contributed by atoms with E-state index in [4.69, 9.17) is 5.73 Å². The molecule has 3 nitrogen and oxygen atoms in total. The number of aromatic nitrogens is 2. The Kier molecular flexibility index (Phi) is 5.89. The van der Waals surface area contributed by atoms with E-state index < -0.39 is 0 Å². The van der Waals surface area contributed by atoms with Gasteiger partial charge in [-0.3, -0.25) is 0 Å². The first-order chi connectivity index (χ1) is 12.3. The minimum atomic E-state index is 0.609. The Hall–Kier alpha value is -2.55. The SMILES string of the molecule is CCCCCCCn1c(-c2ccc(-c3ccccc3)cc2)cnc1N. The highest BCUT2D eigenvalue weighted by molar-refractivity contribution is 5.69. The van der Waals surface area contributed by atoms with Gasteiger partial charge in [0, 0.05) is 6.54 Å². The van der Waals surface area contributed by atoms with Gasteiger partial charge >= 0.3 is 0 Å². The lowest BCUT2D eigenvalue weighted by molar-refractivity contribution is 0.574. The fourth-order valence-corrected chi connectivity index (χ4v) is 3.19. The maximum absolute atomic E-state index is 6.09. The lowest BCUT2D eigenvalue weighted by Crippen LogP contribution is -2.05. The topological polar surface area (TPSA) is 43.8 Å². The van der Waals surface area contributed by atoms with Crippen LogP contribution in [0.3, 0.4) is 0 Å². The molecule has 3 heteroatoms. The van der Waals surface area contributed by atoms with Crippen LogP contribution < -0.4 is 5.73 Å². The molecule has 0 fully saturated rings. The first-order valence-electron chi connectivity index (χ1n) is 9.26. The molecule has 25 heavy (non-hydrogen) atoms. The van der Waals surface area contributed by atoms with Gasteiger partial charge in [0.25, 0.3) is 0 Å². The molecule has 3 rings (SSSR count). The highest BCUT2D eigenvalue weighted by Crippen LogP contribution is 2.26. The fraction of sp³-hybridized carbons (Fsp3) is 0.318. The zero-order chi connectivity index (χ0) is 17.5. The van der Waals surface area contributed by atoms with Crippen molar-refractivity contribution in [2.24, 2.45) is 0 Å². The third-order valence-corrected chi connectivity index (χ3v) is 4.66. The van der Waals surface area contributed by atoms with Gasteiger partial charge in [0.2, 0.25) is 5.95 Å². The van der Waals surface area contributed by atoms with E-state index in [0.717, 1.165) is 24.2 Å². The van der Waals surface area contributed by atoms with Crippen LogP contribution in [0.25, 0.3) is 22.4 Å². The molecule has 130 valence electrons. The molecule has 2 aromatic carbocycles. The summed E-state index contributed by atoms with van der Waals surface area (Å²) in [4.78, 5) is 4.33. The molecule has 0 amide bonds. The minimum Gasteiger partial charge on any atom is -0.369 e. The van der Waals surface area contributed by atoms with Gasteiger partial charge in [0.1, 0.15) is 0 Å². The lowest BCUT2D eigenvalue weighted by Gasteiger charge is -2.11. The Labute approximate surface area is 150 Å². The van der Waals surface area contributed by atoms with E-state index in [1.807, 2.05) is 12.3 Å². The third-order valence-electron chi connectivity index (χ3n) is 4.66. The number of unbranched alkanes of at least 4 members (excludes halogenated alkanes) is 4. The lowest BCUT2D eigenvalue weighted by atomic mass is 10.0. The maximum Gasteiger partial charge on any atom is 0.200 e. The summed E-state index contributed by atoms with van der Waals surface area (Å²) in [6.45, 7) is 3.18. The predicted molar refractivity (Wildman–Crippen MR) is 106 cm³/mol. The van der Waals surface area contributed by atoms with Crippen molar-refractivity contribution in [3.63, 3.8) is 0 Å². The summed E-state index contributed by atoms with van der Waals surface area (Å²) in [5, 5.41) is 0. The standard InChI is InChI=1S/C22H27N3/c1-2-3-4-5-9-16-25-21(17-24-22(25)23)20-14-12-19(13-15-20)18-10-7-6-8-11-18/h6-8,10-15,17H,2-5,9,16H2,1H3,(H2,23,24). The number of hydrogen-bond acceptors (Lipinski definition) is 2. The molecule has 0 unspecified atom stereocenters. The Morgan fingerprint density at radius 2 is 1.44 bits per heavy atom. The van der Waals surface area contributed by atoms with Crippen molar-refractivity contribution in [2.45, 2.75) is 45.6 Å². The molecule has 0 radical (unpaired) electrons. The fourth-order valence-electron chi connectivity index (χ4n) is 3.19. The first-order valence-corrected chi connectivity index (χ1v) is 9.26. The average molecular weight is 333 g/mol. The van der Waals surface area contributed by atoms with Crippen molar-refractivity contribution in [1.29, 1.82) is 0 Å². The summed E-state index contributed by atoms with van der Waals surface area (Å²) in [6, 6.07) is 19.1. The quantitative estimate of drug-likeness (QED) is 0.532. The van der Waals surface area contributed by atoms with E-state index in [0.29, 0.717) is 5.95 Å². The van der Waals surface area contributed by atoms with Crippen molar-refractivity contribution in [1.82, 2.24) is 9.55 Å². The zero-order valence-corrected chi connectivity index (χ0v) is 15.0. The normalized spacial score (nSPS) is 10.9. The Morgan fingerprint density at radius 3 is 2.16 bits per heavy atom. The summed E-state index contributed by atoms with van der Waals surface area (Å²) in [6.07, 6.45) is 8.16. The smallest absolute Gasteiger partial charge is 0.200 e. The molecule has 0 aliphatic rings. The summed E-state index contributed by atoms with van der Waals surface area (Å²) < 4.78 is 2.14.